The maximum Gasteiger partial charge on any atom is 0.416 e. The number of hydrogen-bond donors (Lipinski definition) is 1. The van der Waals surface area contributed by atoms with Crippen LogP contribution in [0.4, 0.5) is 13.2 Å². The second kappa shape index (κ2) is 4.73. The van der Waals surface area contributed by atoms with Crippen molar-refractivity contribution in [2.45, 2.75) is 12.3 Å². The van der Waals surface area contributed by atoms with Crippen molar-refractivity contribution in [2.24, 2.45) is 0 Å². The minimum atomic E-state index is -4.43. The van der Waals surface area contributed by atoms with Gasteiger partial charge in [0.25, 0.3) is 0 Å². The first-order valence-electron chi connectivity index (χ1n) is 5.09. The number of hydrogen-bond acceptors (Lipinski definition) is 3. The summed E-state index contributed by atoms with van der Waals surface area (Å²) >= 11 is 0. The zero-order chi connectivity index (χ0) is 13.2. The third-order valence-electron chi connectivity index (χ3n) is 2.39. The summed E-state index contributed by atoms with van der Waals surface area (Å²) in [5, 5.41) is 9.91. The van der Waals surface area contributed by atoms with E-state index in [1.54, 1.807) is 0 Å². The molecule has 0 saturated carbocycles. The quantitative estimate of drug-likeness (QED) is 0.895. The van der Waals surface area contributed by atoms with Crippen LogP contribution < -0.4 is 0 Å². The first kappa shape index (κ1) is 12.5. The number of nitrogens with zero attached hydrogens (tertiary/aromatic N) is 2. The van der Waals surface area contributed by atoms with E-state index in [9.17, 15) is 18.3 Å². The second-order valence-corrected chi connectivity index (χ2v) is 3.66. The number of rotatable bonds is 2. The van der Waals surface area contributed by atoms with Crippen LogP contribution in [0.25, 0.3) is 0 Å². The summed E-state index contributed by atoms with van der Waals surface area (Å²) in [4.78, 5) is 7.61. The number of aliphatic hydroxyl groups is 1. The molecule has 0 radical (unpaired) electrons. The van der Waals surface area contributed by atoms with E-state index in [4.69, 9.17) is 0 Å². The van der Waals surface area contributed by atoms with E-state index in [1.807, 2.05) is 0 Å². The molecule has 0 aliphatic heterocycles. The van der Waals surface area contributed by atoms with Crippen LogP contribution in [0.5, 0.6) is 0 Å². The molecule has 94 valence electrons. The summed E-state index contributed by atoms with van der Waals surface area (Å²) in [6.45, 7) is 0. The van der Waals surface area contributed by atoms with Gasteiger partial charge < -0.3 is 5.11 Å². The smallest absolute Gasteiger partial charge is 0.382 e. The topological polar surface area (TPSA) is 46.0 Å². The molecule has 1 heterocycles. The minimum absolute atomic E-state index is 0.130. The lowest BCUT2D eigenvalue weighted by Gasteiger charge is -2.12. The SMILES string of the molecule is OC(c1cccc(C(F)(F)F)c1)c1cnccn1. The molecule has 3 nitrogen and oxygen atoms in total. The Balaban J connectivity index is 2.35. The fraction of sp³-hybridized carbons (Fsp3) is 0.167. The Morgan fingerprint density at radius 2 is 1.94 bits per heavy atom. The molecule has 0 aliphatic carbocycles. The maximum atomic E-state index is 12.5. The molecule has 0 saturated heterocycles. The van der Waals surface area contributed by atoms with Crippen molar-refractivity contribution in [3.05, 3.63) is 59.7 Å². The van der Waals surface area contributed by atoms with Crippen LogP contribution in [0.3, 0.4) is 0 Å². The Labute approximate surface area is 101 Å². The monoisotopic (exact) mass is 254 g/mol. The van der Waals surface area contributed by atoms with Crippen molar-refractivity contribution in [3.8, 4) is 0 Å². The van der Waals surface area contributed by atoms with E-state index in [-0.39, 0.29) is 11.3 Å². The summed E-state index contributed by atoms with van der Waals surface area (Å²) in [5.74, 6) is 0. The lowest BCUT2D eigenvalue weighted by molar-refractivity contribution is -0.137. The van der Waals surface area contributed by atoms with Gasteiger partial charge in [-0.3, -0.25) is 9.97 Å². The van der Waals surface area contributed by atoms with Crippen LogP contribution in [-0.2, 0) is 6.18 Å². The lowest BCUT2D eigenvalue weighted by atomic mass is 10.0. The second-order valence-electron chi connectivity index (χ2n) is 3.66. The number of halogens is 3. The first-order valence-corrected chi connectivity index (χ1v) is 5.09. The van der Waals surface area contributed by atoms with Crippen molar-refractivity contribution in [3.63, 3.8) is 0 Å². The molecule has 6 heteroatoms. The van der Waals surface area contributed by atoms with Crippen LogP contribution >= 0.6 is 0 Å². The molecule has 0 fully saturated rings. The van der Waals surface area contributed by atoms with Crippen LogP contribution in [0.1, 0.15) is 22.9 Å². The highest BCUT2D eigenvalue weighted by Gasteiger charge is 2.31. The maximum absolute atomic E-state index is 12.5. The van der Waals surface area contributed by atoms with Gasteiger partial charge in [-0.15, -0.1) is 0 Å². The van der Waals surface area contributed by atoms with Crippen LogP contribution in [-0.4, -0.2) is 15.1 Å². The van der Waals surface area contributed by atoms with Gasteiger partial charge >= 0.3 is 6.18 Å². The first-order chi connectivity index (χ1) is 8.48. The molecule has 1 unspecified atom stereocenters. The van der Waals surface area contributed by atoms with E-state index in [1.165, 1.54) is 30.7 Å². The molecule has 1 atom stereocenters. The Kier molecular flexibility index (Phi) is 3.29. The van der Waals surface area contributed by atoms with Gasteiger partial charge in [-0.1, -0.05) is 12.1 Å². The molecule has 0 amide bonds. The number of aliphatic hydroxyl groups excluding tert-OH is 1. The molecular formula is C12H9F3N2O. The van der Waals surface area contributed by atoms with Gasteiger partial charge in [-0.2, -0.15) is 13.2 Å². The molecular weight excluding hydrogens is 245 g/mol. The van der Waals surface area contributed by atoms with E-state index >= 15 is 0 Å². The molecule has 2 rings (SSSR count). The highest BCUT2D eigenvalue weighted by Crippen LogP contribution is 2.31. The van der Waals surface area contributed by atoms with Gasteiger partial charge in [0.05, 0.1) is 17.5 Å². The number of aromatic nitrogens is 2. The van der Waals surface area contributed by atoms with Gasteiger partial charge in [0.1, 0.15) is 6.10 Å². The molecule has 2 aromatic rings. The highest BCUT2D eigenvalue weighted by atomic mass is 19.4. The standard InChI is InChI=1S/C12H9F3N2O/c13-12(14,15)9-3-1-2-8(6-9)11(18)10-7-16-4-5-17-10/h1-7,11,18H. The predicted molar refractivity (Wildman–Crippen MR) is 57.5 cm³/mol. The van der Waals surface area contributed by atoms with Gasteiger partial charge in [0.2, 0.25) is 0 Å². The fourth-order valence-electron chi connectivity index (χ4n) is 1.51. The zero-order valence-electron chi connectivity index (χ0n) is 9.09. The fourth-order valence-corrected chi connectivity index (χ4v) is 1.51. The molecule has 1 aromatic carbocycles. The zero-order valence-corrected chi connectivity index (χ0v) is 9.09. The van der Waals surface area contributed by atoms with Crippen molar-refractivity contribution in [2.75, 3.05) is 0 Å². The Morgan fingerprint density at radius 1 is 1.17 bits per heavy atom. The van der Waals surface area contributed by atoms with Gasteiger partial charge in [-0.05, 0) is 17.7 Å². The van der Waals surface area contributed by atoms with Crippen molar-refractivity contribution >= 4 is 0 Å². The van der Waals surface area contributed by atoms with E-state index in [2.05, 4.69) is 9.97 Å². The summed E-state index contributed by atoms with van der Waals surface area (Å²) in [6.07, 6.45) is -1.56. The third-order valence-corrected chi connectivity index (χ3v) is 2.39. The minimum Gasteiger partial charge on any atom is -0.382 e. The molecule has 1 N–H and O–H groups in total. The average Bonchev–Trinajstić information content (AvgIpc) is 2.38. The van der Waals surface area contributed by atoms with Gasteiger partial charge in [-0.25, -0.2) is 0 Å². The number of alkyl halides is 3. The normalized spacial score (nSPS) is 13.3. The predicted octanol–water partition coefficient (Wildman–Crippen LogP) is 2.58. The van der Waals surface area contributed by atoms with Crippen LogP contribution in [0.15, 0.2) is 42.9 Å². The van der Waals surface area contributed by atoms with Gasteiger partial charge in [0.15, 0.2) is 0 Å². The van der Waals surface area contributed by atoms with Crippen molar-refractivity contribution in [1.29, 1.82) is 0 Å². The lowest BCUT2D eigenvalue weighted by Crippen LogP contribution is -2.08. The Bertz CT molecular complexity index is 528. The van der Waals surface area contributed by atoms with Crippen molar-refractivity contribution in [1.82, 2.24) is 9.97 Å². The molecule has 0 bridgehead atoms. The molecule has 0 aliphatic rings. The van der Waals surface area contributed by atoms with Crippen LogP contribution in [0.2, 0.25) is 0 Å². The molecule has 1 aromatic heterocycles. The Morgan fingerprint density at radius 3 is 2.56 bits per heavy atom. The number of benzene rings is 1. The van der Waals surface area contributed by atoms with E-state index in [0.717, 1.165) is 12.1 Å². The Hall–Kier alpha value is -1.95. The highest BCUT2D eigenvalue weighted by molar-refractivity contribution is 5.30. The summed E-state index contributed by atoms with van der Waals surface area (Å²) < 4.78 is 37.6. The third kappa shape index (κ3) is 2.65. The summed E-state index contributed by atoms with van der Waals surface area (Å²) in [7, 11) is 0. The largest absolute Gasteiger partial charge is 0.416 e. The summed E-state index contributed by atoms with van der Waals surface area (Å²) in [5.41, 5.74) is -0.468. The van der Waals surface area contributed by atoms with Gasteiger partial charge in [0, 0.05) is 12.4 Å². The average molecular weight is 254 g/mol. The molecule has 18 heavy (non-hydrogen) atoms. The molecule has 0 spiro atoms. The van der Waals surface area contributed by atoms with Crippen LogP contribution in [0, 0.1) is 0 Å². The summed E-state index contributed by atoms with van der Waals surface area (Å²) in [6, 6.07) is 4.51. The van der Waals surface area contributed by atoms with Crippen molar-refractivity contribution < 1.29 is 18.3 Å². The van der Waals surface area contributed by atoms with E-state index in [0.29, 0.717) is 0 Å². The van der Waals surface area contributed by atoms with E-state index < -0.39 is 17.8 Å².